The second-order valence-electron chi connectivity index (χ2n) is 3.48. The molecule has 1 fully saturated rings. The summed E-state index contributed by atoms with van der Waals surface area (Å²) in [6, 6.07) is 0.618. The minimum atomic E-state index is 0.493. The van der Waals surface area contributed by atoms with Crippen LogP contribution in [0.2, 0.25) is 0 Å². The SMILES string of the molecule is C=CC1C=NN(C)C1C1CC1. The van der Waals surface area contributed by atoms with Crippen LogP contribution < -0.4 is 0 Å². The van der Waals surface area contributed by atoms with E-state index in [0.717, 1.165) is 5.92 Å². The van der Waals surface area contributed by atoms with Crippen LogP contribution in [0.1, 0.15) is 12.8 Å². The molecular formula is C9H14N2. The van der Waals surface area contributed by atoms with Crippen molar-refractivity contribution < 1.29 is 0 Å². The highest BCUT2D eigenvalue weighted by atomic mass is 15.5. The lowest BCUT2D eigenvalue weighted by atomic mass is 9.98. The molecule has 0 saturated heterocycles. The van der Waals surface area contributed by atoms with Crippen molar-refractivity contribution in [2.24, 2.45) is 16.9 Å². The average molecular weight is 150 g/mol. The first kappa shape index (κ1) is 6.89. The Morgan fingerprint density at radius 1 is 1.64 bits per heavy atom. The fourth-order valence-electron chi connectivity index (χ4n) is 1.85. The number of nitrogens with zero attached hydrogens (tertiary/aromatic N) is 2. The summed E-state index contributed by atoms with van der Waals surface area (Å²) in [7, 11) is 2.06. The number of hydrogen-bond donors (Lipinski definition) is 0. The van der Waals surface area contributed by atoms with Gasteiger partial charge in [0.2, 0.25) is 0 Å². The maximum atomic E-state index is 4.27. The van der Waals surface area contributed by atoms with Gasteiger partial charge in [-0.1, -0.05) is 6.08 Å². The normalized spacial score (nSPS) is 36.3. The van der Waals surface area contributed by atoms with Gasteiger partial charge in [0.1, 0.15) is 0 Å². The topological polar surface area (TPSA) is 15.6 Å². The van der Waals surface area contributed by atoms with E-state index in [4.69, 9.17) is 0 Å². The van der Waals surface area contributed by atoms with Gasteiger partial charge in [0.25, 0.3) is 0 Å². The summed E-state index contributed by atoms with van der Waals surface area (Å²) in [5.41, 5.74) is 0. The van der Waals surface area contributed by atoms with E-state index in [2.05, 4.69) is 23.7 Å². The molecule has 1 heterocycles. The summed E-state index contributed by atoms with van der Waals surface area (Å²) < 4.78 is 0. The first-order chi connectivity index (χ1) is 5.33. The third kappa shape index (κ3) is 1.06. The van der Waals surface area contributed by atoms with Crippen LogP contribution in [0.4, 0.5) is 0 Å². The molecule has 2 unspecified atom stereocenters. The third-order valence-electron chi connectivity index (χ3n) is 2.62. The molecule has 0 aromatic carbocycles. The fourth-order valence-corrected chi connectivity index (χ4v) is 1.85. The molecule has 0 aromatic heterocycles. The molecule has 0 spiro atoms. The Labute approximate surface area is 67.6 Å². The molecule has 1 aliphatic heterocycles. The van der Waals surface area contributed by atoms with E-state index >= 15 is 0 Å². The first-order valence-corrected chi connectivity index (χ1v) is 4.22. The summed E-state index contributed by atoms with van der Waals surface area (Å²) in [4.78, 5) is 0. The van der Waals surface area contributed by atoms with Crippen molar-refractivity contribution in [1.29, 1.82) is 0 Å². The third-order valence-corrected chi connectivity index (χ3v) is 2.62. The van der Waals surface area contributed by atoms with Crippen molar-refractivity contribution in [1.82, 2.24) is 5.01 Å². The molecule has 0 amide bonds. The lowest BCUT2D eigenvalue weighted by Gasteiger charge is -2.21. The minimum absolute atomic E-state index is 0.493. The zero-order valence-corrected chi connectivity index (χ0v) is 6.90. The second-order valence-corrected chi connectivity index (χ2v) is 3.48. The Kier molecular flexibility index (Phi) is 1.48. The maximum absolute atomic E-state index is 4.27. The summed E-state index contributed by atoms with van der Waals surface area (Å²) in [6.07, 6.45) is 6.78. The van der Waals surface area contributed by atoms with E-state index in [-0.39, 0.29) is 0 Å². The van der Waals surface area contributed by atoms with Crippen LogP contribution in [-0.2, 0) is 0 Å². The van der Waals surface area contributed by atoms with Crippen molar-refractivity contribution in [3.63, 3.8) is 0 Å². The molecule has 1 aliphatic carbocycles. The van der Waals surface area contributed by atoms with Crippen LogP contribution in [-0.4, -0.2) is 24.3 Å². The van der Waals surface area contributed by atoms with E-state index in [1.54, 1.807) is 0 Å². The summed E-state index contributed by atoms with van der Waals surface area (Å²) in [6.45, 7) is 3.82. The Morgan fingerprint density at radius 2 is 2.36 bits per heavy atom. The highest BCUT2D eigenvalue weighted by Crippen LogP contribution is 2.40. The van der Waals surface area contributed by atoms with Gasteiger partial charge in [-0.25, -0.2) is 0 Å². The molecule has 2 heteroatoms. The number of hydrazone groups is 1. The Bertz CT molecular complexity index is 194. The second kappa shape index (κ2) is 2.36. The molecular weight excluding hydrogens is 136 g/mol. The van der Waals surface area contributed by atoms with Gasteiger partial charge in [0.15, 0.2) is 0 Å². The number of hydrogen-bond acceptors (Lipinski definition) is 2. The molecule has 0 radical (unpaired) electrons. The minimum Gasteiger partial charge on any atom is -0.296 e. The Hall–Kier alpha value is -0.790. The van der Waals surface area contributed by atoms with Crippen LogP contribution >= 0.6 is 0 Å². The lowest BCUT2D eigenvalue weighted by molar-refractivity contribution is 0.236. The molecule has 0 N–H and O–H groups in total. The smallest absolute Gasteiger partial charge is 0.0608 e. The van der Waals surface area contributed by atoms with E-state index in [1.807, 2.05) is 12.3 Å². The molecule has 2 aliphatic rings. The quantitative estimate of drug-likeness (QED) is 0.545. The van der Waals surface area contributed by atoms with Gasteiger partial charge >= 0.3 is 0 Å². The summed E-state index contributed by atoms with van der Waals surface area (Å²) in [5, 5.41) is 6.36. The van der Waals surface area contributed by atoms with E-state index in [0.29, 0.717) is 12.0 Å². The van der Waals surface area contributed by atoms with Gasteiger partial charge in [-0.3, -0.25) is 5.01 Å². The van der Waals surface area contributed by atoms with Gasteiger partial charge in [0.05, 0.1) is 6.04 Å². The molecule has 0 bridgehead atoms. The van der Waals surface area contributed by atoms with Gasteiger partial charge < -0.3 is 0 Å². The van der Waals surface area contributed by atoms with Crippen LogP contribution in [0.15, 0.2) is 17.8 Å². The molecule has 2 atom stereocenters. The predicted molar refractivity (Wildman–Crippen MR) is 46.5 cm³/mol. The Balaban J connectivity index is 2.09. The van der Waals surface area contributed by atoms with Crippen molar-refractivity contribution in [2.45, 2.75) is 18.9 Å². The van der Waals surface area contributed by atoms with Crippen LogP contribution in [0.3, 0.4) is 0 Å². The largest absolute Gasteiger partial charge is 0.296 e. The van der Waals surface area contributed by atoms with Gasteiger partial charge in [-0.2, -0.15) is 5.10 Å². The zero-order valence-electron chi connectivity index (χ0n) is 6.90. The van der Waals surface area contributed by atoms with Gasteiger partial charge in [0, 0.05) is 19.2 Å². The zero-order chi connectivity index (χ0) is 7.84. The van der Waals surface area contributed by atoms with Crippen molar-refractivity contribution >= 4 is 6.21 Å². The predicted octanol–water partition coefficient (Wildman–Crippen LogP) is 1.50. The summed E-state index contributed by atoms with van der Waals surface area (Å²) in [5.74, 6) is 1.37. The Morgan fingerprint density at radius 3 is 2.91 bits per heavy atom. The molecule has 0 aromatic rings. The van der Waals surface area contributed by atoms with Crippen molar-refractivity contribution in [3.05, 3.63) is 12.7 Å². The van der Waals surface area contributed by atoms with E-state index < -0.39 is 0 Å². The highest BCUT2D eigenvalue weighted by Gasteiger charge is 2.39. The van der Waals surface area contributed by atoms with E-state index in [9.17, 15) is 0 Å². The lowest BCUT2D eigenvalue weighted by Crippen LogP contribution is -2.30. The average Bonchev–Trinajstić information content (AvgIpc) is 2.76. The monoisotopic (exact) mass is 150 g/mol. The fraction of sp³-hybridized carbons (Fsp3) is 0.667. The molecule has 1 saturated carbocycles. The van der Waals surface area contributed by atoms with Crippen molar-refractivity contribution in [2.75, 3.05) is 7.05 Å². The van der Waals surface area contributed by atoms with Gasteiger partial charge in [-0.15, -0.1) is 6.58 Å². The van der Waals surface area contributed by atoms with Crippen LogP contribution in [0.5, 0.6) is 0 Å². The van der Waals surface area contributed by atoms with Crippen molar-refractivity contribution in [3.8, 4) is 0 Å². The van der Waals surface area contributed by atoms with Crippen LogP contribution in [0, 0.1) is 11.8 Å². The first-order valence-electron chi connectivity index (χ1n) is 4.22. The maximum Gasteiger partial charge on any atom is 0.0608 e. The van der Waals surface area contributed by atoms with Gasteiger partial charge in [-0.05, 0) is 18.8 Å². The van der Waals surface area contributed by atoms with Crippen LogP contribution in [0.25, 0.3) is 0 Å². The molecule has 11 heavy (non-hydrogen) atoms. The molecule has 2 nitrogen and oxygen atoms in total. The molecule has 2 rings (SSSR count). The summed E-state index contributed by atoms with van der Waals surface area (Å²) >= 11 is 0. The highest BCUT2D eigenvalue weighted by molar-refractivity contribution is 5.66. The van der Waals surface area contributed by atoms with E-state index in [1.165, 1.54) is 12.8 Å². The molecule has 60 valence electrons. The number of rotatable bonds is 2. The standard InChI is InChI=1S/C9H14N2/c1-3-7-6-10-11(2)9(7)8-4-5-8/h3,6-9H,1,4-5H2,2H3.